The third-order valence-electron chi connectivity index (χ3n) is 1.96. The molecule has 0 saturated heterocycles. The van der Waals surface area contributed by atoms with Crippen molar-refractivity contribution in [2.75, 3.05) is 32.5 Å². The molecule has 1 heterocycles. The fourth-order valence-corrected chi connectivity index (χ4v) is 1.07. The average molecular weight is 233 g/mol. The molecule has 6 heteroatoms. The summed E-state index contributed by atoms with van der Waals surface area (Å²) in [7, 11) is 3.84. The number of nitrogens with one attached hydrogen (secondary N) is 1. The van der Waals surface area contributed by atoms with Crippen molar-refractivity contribution < 1.29 is 13.2 Å². The minimum absolute atomic E-state index is 0.454. The minimum atomic E-state index is -4.32. The van der Waals surface area contributed by atoms with Gasteiger partial charge in [-0.25, -0.2) is 4.98 Å². The van der Waals surface area contributed by atoms with Gasteiger partial charge in [0.05, 0.1) is 5.56 Å². The monoisotopic (exact) mass is 233 g/mol. The Hall–Kier alpha value is -1.30. The highest BCUT2D eigenvalue weighted by Crippen LogP contribution is 2.28. The Morgan fingerprint density at radius 1 is 1.31 bits per heavy atom. The lowest BCUT2D eigenvalue weighted by Gasteiger charge is -2.11. The number of nitrogens with zero attached hydrogens (tertiary/aromatic N) is 2. The molecule has 0 spiro atoms. The van der Waals surface area contributed by atoms with Gasteiger partial charge in [0, 0.05) is 19.3 Å². The van der Waals surface area contributed by atoms with Gasteiger partial charge in [-0.15, -0.1) is 0 Å². The Balaban J connectivity index is 2.52. The van der Waals surface area contributed by atoms with Gasteiger partial charge >= 0.3 is 6.18 Å². The van der Waals surface area contributed by atoms with Crippen molar-refractivity contribution in [1.29, 1.82) is 0 Å². The SMILES string of the molecule is CN(C)CCNc1ccc(C(F)(F)F)cn1. The number of pyridine rings is 1. The molecule has 0 aliphatic carbocycles. The molecule has 1 aromatic heterocycles. The molecule has 0 bridgehead atoms. The van der Waals surface area contributed by atoms with Gasteiger partial charge in [-0.05, 0) is 26.2 Å². The van der Waals surface area contributed by atoms with Crippen LogP contribution >= 0.6 is 0 Å². The maximum Gasteiger partial charge on any atom is 0.417 e. The molecule has 0 aliphatic heterocycles. The molecule has 0 saturated carbocycles. The van der Waals surface area contributed by atoms with E-state index in [9.17, 15) is 13.2 Å². The fourth-order valence-electron chi connectivity index (χ4n) is 1.07. The largest absolute Gasteiger partial charge is 0.417 e. The number of alkyl halides is 3. The highest BCUT2D eigenvalue weighted by atomic mass is 19.4. The normalized spacial score (nSPS) is 11.9. The van der Waals surface area contributed by atoms with Crippen LogP contribution in [0.2, 0.25) is 0 Å². The highest BCUT2D eigenvalue weighted by molar-refractivity contribution is 5.36. The molecule has 0 atom stereocenters. The first-order valence-electron chi connectivity index (χ1n) is 4.81. The maximum atomic E-state index is 12.2. The van der Waals surface area contributed by atoms with Gasteiger partial charge in [0.1, 0.15) is 5.82 Å². The zero-order valence-electron chi connectivity index (χ0n) is 9.17. The van der Waals surface area contributed by atoms with Gasteiger partial charge < -0.3 is 10.2 Å². The highest BCUT2D eigenvalue weighted by Gasteiger charge is 2.30. The quantitative estimate of drug-likeness (QED) is 0.863. The Labute approximate surface area is 92.3 Å². The van der Waals surface area contributed by atoms with Crippen LogP contribution < -0.4 is 5.32 Å². The summed E-state index contributed by atoms with van der Waals surface area (Å²) in [6, 6.07) is 2.35. The predicted octanol–water partition coefficient (Wildman–Crippen LogP) is 2.07. The number of anilines is 1. The minimum Gasteiger partial charge on any atom is -0.369 e. The van der Waals surface area contributed by atoms with E-state index in [-0.39, 0.29) is 0 Å². The molecule has 0 aromatic carbocycles. The zero-order valence-corrected chi connectivity index (χ0v) is 9.17. The van der Waals surface area contributed by atoms with Crippen molar-refractivity contribution in [3.05, 3.63) is 23.9 Å². The zero-order chi connectivity index (χ0) is 12.2. The molecule has 0 fully saturated rings. The van der Waals surface area contributed by atoms with E-state index >= 15 is 0 Å². The Kier molecular flexibility index (Phi) is 4.12. The van der Waals surface area contributed by atoms with E-state index in [1.165, 1.54) is 6.07 Å². The summed E-state index contributed by atoms with van der Waals surface area (Å²) in [6.07, 6.45) is -3.49. The number of hydrogen-bond acceptors (Lipinski definition) is 3. The van der Waals surface area contributed by atoms with E-state index in [0.29, 0.717) is 12.4 Å². The van der Waals surface area contributed by atoms with E-state index in [1.807, 2.05) is 19.0 Å². The molecule has 1 N–H and O–H groups in total. The first-order valence-corrected chi connectivity index (χ1v) is 4.81. The molecule has 16 heavy (non-hydrogen) atoms. The van der Waals surface area contributed by atoms with Crippen molar-refractivity contribution in [2.24, 2.45) is 0 Å². The average Bonchev–Trinajstić information content (AvgIpc) is 2.16. The second-order valence-corrected chi connectivity index (χ2v) is 3.66. The van der Waals surface area contributed by atoms with Crippen LogP contribution in [0.5, 0.6) is 0 Å². The van der Waals surface area contributed by atoms with Gasteiger partial charge in [0.2, 0.25) is 0 Å². The van der Waals surface area contributed by atoms with Crippen molar-refractivity contribution >= 4 is 5.82 Å². The second kappa shape index (κ2) is 5.16. The molecular weight excluding hydrogens is 219 g/mol. The van der Waals surface area contributed by atoms with Crippen LogP contribution in [-0.4, -0.2) is 37.1 Å². The van der Waals surface area contributed by atoms with Gasteiger partial charge in [-0.3, -0.25) is 0 Å². The standard InChI is InChI=1S/C10H14F3N3/c1-16(2)6-5-14-9-4-3-8(7-15-9)10(11,12)13/h3-4,7H,5-6H2,1-2H3,(H,14,15). The maximum absolute atomic E-state index is 12.2. The summed E-state index contributed by atoms with van der Waals surface area (Å²) in [5.74, 6) is 0.454. The third kappa shape index (κ3) is 4.06. The number of aromatic nitrogens is 1. The molecule has 3 nitrogen and oxygen atoms in total. The first-order chi connectivity index (χ1) is 7.39. The van der Waals surface area contributed by atoms with E-state index in [4.69, 9.17) is 0 Å². The fraction of sp³-hybridized carbons (Fsp3) is 0.500. The third-order valence-corrected chi connectivity index (χ3v) is 1.96. The molecule has 0 amide bonds. The second-order valence-electron chi connectivity index (χ2n) is 3.66. The summed E-state index contributed by atoms with van der Waals surface area (Å²) in [5.41, 5.74) is -0.731. The van der Waals surface area contributed by atoms with Gasteiger partial charge in [0.25, 0.3) is 0 Å². The summed E-state index contributed by atoms with van der Waals surface area (Å²) in [5, 5.41) is 2.93. The van der Waals surface area contributed by atoms with Crippen LogP contribution in [0.15, 0.2) is 18.3 Å². The lowest BCUT2D eigenvalue weighted by Crippen LogP contribution is -2.21. The van der Waals surface area contributed by atoms with E-state index in [0.717, 1.165) is 18.8 Å². The van der Waals surface area contributed by atoms with Crippen LogP contribution in [0, 0.1) is 0 Å². The topological polar surface area (TPSA) is 28.2 Å². The molecule has 90 valence electrons. The van der Waals surface area contributed by atoms with Gasteiger partial charge in [-0.1, -0.05) is 0 Å². The lowest BCUT2D eigenvalue weighted by atomic mass is 10.3. The predicted molar refractivity (Wildman–Crippen MR) is 56.3 cm³/mol. The van der Waals surface area contributed by atoms with E-state index in [1.54, 1.807) is 0 Å². The summed E-state index contributed by atoms with van der Waals surface area (Å²) in [4.78, 5) is 5.66. The Morgan fingerprint density at radius 2 is 2.00 bits per heavy atom. The molecular formula is C10H14F3N3. The van der Waals surface area contributed by atoms with Crippen LogP contribution in [0.1, 0.15) is 5.56 Å². The van der Waals surface area contributed by atoms with Gasteiger partial charge in [0.15, 0.2) is 0 Å². The molecule has 0 unspecified atom stereocenters. The molecule has 0 radical (unpaired) electrons. The molecule has 1 aromatic rings. The van der Waals surface area contributed by atoms with E-state index in [2.05, 4.69) is 10.3 Å². The van der Waals surface area contributed by atoms with Crippen molar-refractivity contribution in [3.63, 3.8) is 0 Å². The molecule has 0 aliphatic rings. The molecule has 1 rings (SSSR count). The van der Waals surface area contributed by atoms with Gasteiger partial charge in [-0.2, -0.15) is 13.2 Å². The van der Waals surface area contributed by atoms with Crippen molar-refractivity contribution in [1.82, 2.24) is 9.88 Å². The van der Waals surface area contributed by atoms with Crippen LogP contribution in [0.4, 0.5) is 19.0 Å². The van der Waals surface area contributed by atoms with Crippen molar-refractivity contribution in [2.45, 2.75) is 6.18 Å². The summed E-state index contributed by atoms with van der Waals surface area (Å²) >= 11 is 0. The number of rotatable bonds is 4. The van der Waals surface area contributed by atoms with E-state index < -0.39 is 11.7 Å². The number of hydrogen-bond donors (Lipinski definition) is 1. The summed E-state index contributed by atoms with van der Waals surface area (Å²) in [6.45, 7) is 1.44. The van der Waals surface area contributed by atoms with Crippen LogP contribution in [-0.2, 0) is 6.18 Å². The Morgan fingerprint density at radius 3 is 2.44 bits per heavy atom. The first kappa shape index (κ1) is 12.8. The summed E-state index contributed by atoms with van der Waals surface area (Å²) < 4.78 is 36.6. The number of likely N-dealkylation sites (N-methyl/N-ethyl adjacent to an activating group) is 1. The van der Waals surface area contributed by atoms with Crippen LogP contribution in [0.3, 0.4) is 0 Å². The Bertz CT molecular complexity index is 319. The van der Waals surface area contributed by atoms with Crippen molar-refractivity contribution in [3.8, 4) is 0 Å². The number of halogens is 3. The van der Waals surface area contributed by atoms with Crippen LogP contribution in [0.25, 0.3) is 0 Å². The smallest absolute Gasteiger partial charge is 0.369 e. The lowest BCUT2D eigenvalue weighted by molar-refractivity contribution is -0.137.